The Morgan fingerprint density at radius 1 is 1.37 bits per heavy atom. The van der Waals surface area contributed by atoms with Gasteiger partial charge in [0.1, 0.15) is 11.6 Å². The van der Waals surface area contributed by atoms with E-state index in [-0.39, 0.29) is 5.56 Å². The Hall–Kier alpha value is -2.52. The molecule has 3 nitrogen and oxygen atoms in total. The zero-order valence-corrected chi connectivity index (χ0v) is 10.6. The molecule has 92 valence electrons. The maximum Gasteiger partial charge on any atom is 0.259 e. The van der Waals surface area contributed by atoms with Gasteiger partial charge in [0.25, 0.3) is 5.56 Å². The Bertz CT molecular complexity index is 707. The number of nitriles is 1. The molecule has 0 saturated heterocycles. The van der Waals surface area contributed by atoms with Crippen LogP contribution in [0.4, 0.5) is 0 Å². The number of pyridine rings is 1. The minimum absolute atomic E-state index is 0.00575. The molecule has 3 rings (SSSR count). The molecule has 1 fully saturated rings. The molecular formula is C16H12N2O. The van der Waals surface area contributed by atoms with Crippen LogP contribution in [0.2, 0.25) is 0 Å². The first kappa shape index (κ1) is 11.6. The molecule has 1 aromatic heterocycles. The number of hydrogen-bond acceptors (Lipinski definition) is 2. The van der Waals surface area contributed by atoms with Crippen LogP contribution < -0.4 is 5.56 Å². The van der Waals surface area contributed by atoms with Crippen molar-refractivity contribution in [1.82, 2.24) is 4.57 Å². The summed E-state index contributed by atoms with van der Waals surface area (Å²) in [5, 5.41) is 8.74. The Morgan fingerprint density at radius 2 is 2.16 bits per heavy atom. The lowest BCUT2D eigenvalue weighted by Gasteiger charge is -2.05. The second-order valence-electron chi connectivity index (χ2n) is 4.95. The minimum Gasteiger partial charge on any atom is -0.276 e. The van der Waals surface area contributed by atoms with Gasteiger partial charge in [-0.1, -0.05) is 13.0 Å². The molecule has 1 unspecified atom stereocenters. The molecular weight excluding hydrogens is 236 g/mol. The molecule has 2 aromatic rings. The Kier molecular flexibility index (Phi) is 2.62. The fraction of sp³-hybridized carbons (Fsp3) is 0.250. The predicted molar refractivity (Wildman–Crippen MR) is 70.9 cm³/mol. The zero-order valence-electron chi connectivity index (χ0n) is 10.6. The van der Waals surface area contributed by atoms with Gasteiger partial charge in [-0.25, -0.2) is 0 Å². The summed E-state index contributed by atoms with van der Waals surface area (Å²) >= 11 is 0. The zero-order chi connectivity index (χ0) is 13.4. The van der Waals surface area contributed by atoms with Gasteiger partial charge >= 0.3 is 0 Å². The Morgan fingerprint density at radius 3 is 2.74 bits per heavy atom. The minimum atomic E-state index is 0.00575. The third kappa shape index (κ3) is 2.00. The summed E-state index contributed by atoms with van der Waals surface area (Å²) in [5.41, 5.74) is 1.92. The van der Waals surface area contributed by atoms with Crippen molar-refractivity contribution in [3.63, 3.8) is 0 Å². The summed E-state index contributed by atoms with van der Waals surface area (Å²) in [6.07, 6.45) is 2.81. The second-order valence-corrected chi connectivity index (χ2v) is 4.95. The highest BCUT2D eigenvalue weighted by Crippen LogP contribution is 2.45. The van der Waals surface area contributed by atoms with E-state index in [1.165, 1.54) is 0 Å². The quantitative estimate of drug-likeness (QED) is 0.819. The van der Waals surface area contributed by atoms with Gasteiger partial charge in [-0.05, 0) is 48.6 Å². The van der Waals surface area contributed by atoms with Crippen LogP contribution in [-0.4, -0.2) is 4.57 Å². The van der Waals surface area contributed by atoms with E-state index in [9.17, 15) is 4.79 Å². The molecule has 0 radical (unpaired) electrons. The number of nitrogens with zero attached hydrogens (tertiary/aromatic N) is 2. The molecule has 0 aliphatic heterocycles. The first-order chi connectivity index (χ1) is 9.20. The van der Waals surface area contributed by atoms with E-state index in [0.717, 1.165) is 12.0 Å². The molecule has 3 heteroatoms. The van der Waals surface area contributed by atoms with Crippen LogP contribution in [0.5, 0.6) is 0 Å². The topological polar surface area (TPSA) is 45.8 Å². The van der Waals surface area contributed by atoms with Gasteiger partial charge in [-0.2, -0.15) is 5.26 Å². The molecule has 1 aromatic carbocycles. The van der Waals surface area contributed by atoms with Gasteiger partial charge in [-0.3, -0.25) is 9.36 Å². The van der Waals surface area contributed by atoms with Crippen LogP contribution in [-0.2, 0) is 0 Å². The molecule has 1 saturated carbocycles. The van der Waals surface area contributed by atoms with E-state index in [1.807, 2.05) is 18.2 Å². The normalized spacial score (nSPS) is 20.4. The summed E-state index contributed by atoms with van der Waals surface area (Å²) in [6, 6.07) is 14.7. The van der Waals surface area contributed by atoms with Crippen LogP contribution in [0.15, 0.2) is 35.3 Å². The van der Waals surface area contributed by atoms with Gasteiger partial charge in [0.15, 0.2) is 0 Å². The smallest absolute Gasteiger partial charge is 0.259 e. The molecule has 0 amide bonds. The monoisotopic (exact) mass is 248 g/mol. The van der Waals surface area contributed by atoms with Crippen LogP contribution in [0.25, 0.3) is 5.69 Å². The highest BCUT2D eigenvalue weighted by molar-refractivity contribution is 5.35. The molecule has 0 spiro atoms. The van der Waals surface area contributed by atoms with Crippen molar-refractivity contribution < 1.29 is 0 Å². The van der Waals surface area contributed by atoms with Crippen LogP contribution in [0.1, 0.15) is 30.4 Å². The highest BCUT2D eigenvalue weighted by atomic mass is 16.1. The van der Waals surface area contributed by atoms with Crippen LogP contribution in [0, 0.1) is 29.4 Å². The maximum absolute atomic E-state index is 12.4. The summed E-state index contributed by atoms with van der Waals surface area (Å²) < 4.78 is 1.57. The predicted octanol–water partition coefficient (Wildman–Crippen LogP) is 2.43. The van der Waals surface area contributed by atoms with E-state index >= 15 is 0 Å². The SMILES string of the molecule is CC1C[C@@H]1c1cccn(-c2c#cc(C#N)cc2)c1=O. The highest BCUT2D eigenvalue weighted by Gasteiger charge is 2.36. The molecule has 1 aliphatic carbocycles. The van der Waals surface area contributed by atoms with Gasteiger partial charge in [-0.15, -0.1) is 0 Å². The number of hydrogen-bond donors (Lipinski definition) is 0. The summed E-state index contributed by atoms with van der Waals surface area (Å²) in [7, 11) is 0. The van der Waals surface area contributed by atoms with E-state index in [2.05, 4.69) is 19.1 Å². The fourth-order valence-corrected chi connectivity index (χ4v) is 2.32. The number of aromatic nitrogens is 1. The first-order valence-electron chi connectivity index (χ1n) is 6.27. The van der Waals surface area contributed by atoms with E-state index in [4.69, 9.17) is 5.26 Å². The molecule has 0 N–H and O–H groups in total. The van der Waals surface area contributed by atoms with Crippen molar-refractivity contribution in [3.8, 4) is 11.8 Å². The van der Waals surface area contributed by atoms with Crippen molar-refractivity contribution >= 4 is 0 Å². The molecule has 19 heavy (non-hydrogen) atoms. The third-order valence-electron chi connectivity index (χ3n) is 3.60. The number of rotatable bonds is 2. The van der Waals surface area contributed by atoms with Crippen molar-refractivity contribution in [1.29, 1.82) is 5.26 Å². The van der Waals surface area contributed by atoms with Crippen LogP contribution >= 0.6 is 0 Å². The van der Waals surface area contributed by atoms with Gasteiger partial charge in [0.2, 0.25) is 0 Å². The summed E-state index contributed by atoms with van der Waals surface area (Å²) in [5.74, 6) is 0.988. The van der Waals surface area contributed by atoms with E-state index in [0.29, 0.717) is 23.1 Å². The average molecular weight is 248 g/mol. The fourth-order valence-electron chi connectivity index (χ4n) is 2.32. The lowest BCUT2D eigenvalue weighted by atomic mass is 10.1. The van der Waals surface area contributed by atoms with Crippen molar-refractivity contribution in [2.45, 2.75) is 19.3 Å². The second kappa shape index (κ2) is 4.30. The van der Waals surface area contributed by atoms with Crippen molar-refractivity contribution in [2.75, 3.05) is 0 Å². The molecule has 0 bridgehead atoms. The molecule has 1 heterocycles. The Labute approximate surface area is 111 Å². The van der Waals surface area contributed by atoms with Crippen molar-refractivity contribution in [2.24, 2.45) is 5.92 Å². The van der Waals surface area contributed by atoms with E-state index in [1.54, 1.807) is 22.9 Å². The van der Waals surface area contributed by atoms with Crippen molar-refractivity contribution in [3.05, 3.63) is 64.1 Å². The third-order valence-corrected chi connectivity index (χ3v) is 3.60. The summed E-state index contributed by atoms with van der Waals surface area (Å²) in [4.78, 5) is 12.4. The van der Waals surface area contributed by atoms with Gasteiger partial charge in [0, 0.05) is 11.8 Å². The van der Waals surface area contributed by atoms with Crippen LogP contribution in [0.3, 0.4) is 0 Å². The summed E-state index contributed by atoms with van der Waals surface area (Å²) in [6.45, 7) is 2.16. The lowest BCUT2D eigenvalue weighted by molar-refractivity contribution is 0.873. The standard InChI is InChI=1S/C16H12N2O/c1-11-9-15(11)14-3-2-8-18(16(14)19)13-6-4-12(10-17)5-7-13/h2-4,6,8,11,15H,9H2,1H3/t11?,15-/m0/s1. The molecule has 2 atom stereocenters. The lowest BCUT2D eigenvalue weighted by Crippen LogP contribution is -2.20. The van der Waals surface area contributed by atoms with Gasteiger partial charge < -0.3 is 0 Å². The van der Waals surface area contributed by atoms with E-state index < -0.39 is 0 Å². The average Bonchev–Trinajstić information content (AvgIpc) is 3.16. The molecule has 1 aliphatic rings. The van der Waals surface area contributed by atoms with Gasteiger partial charge in [0.05, 0.1) is 5.69 Å². The first-order valence-corrected chi connectivity index (χ1v) is 6.27. The maximum atomic E-state index is 12.4. The Balaban J connectivity index is 2.05. The largest absolute Gasteiger partial charge is 0.276 e.